The first-order valence-corrected chi connectivity index (χ1v) is 2.44. The molecular weight excluding hydrogens is 143 g/mol. The fourth-order valence-corrected chi connectivity index (χ4v) is 0. The van der Waals surface area contributed by atoms with Crippen LogP contribution in [0.5, 0.6) is 0 Å². The van der Waals surface area contributed by atoms with E-state index in [1.54, 1.807) is 0 Å². The molecule has 10 heavy (non-hydrogen) atoms. The predicted molar refractivity (Wildman–Crippen MR) is 43.1 cm³/mol. The summed E-state index contributed by atoms with van der Waals surface area (Å²) in [6.45, 7) is 4.16. The van der Waals surface area contributed by atoms with Crippen LogP contribution in [-0.4, -0.2) is 53.7 Å². The van der Waals surface area contributed by atoms with Gasteiger partial charge >= 0.3 is 35.5 Å². The zero-order valence-electron chi connectivity index (χ0n) is 5.21. The Hall–Kier alpha value is 0.130. The van der Waals surface area contributed by atoms with E-state index >= 15 is 0 Å². The van der Waals surface area contributed by atoms with E-state index < -0.39 is 5.97 Å². The summed E-state index contributed by atoms with van der Waals surface area (Å²) in [6, 6.07) is 0. The maximum atomic E-state index is 9.25. The molecule has 0 amide bonds. The Morgan fingerprint density at radius 1 is 1.50 bits per heavy atom. The van der Waals surface area contributed by atoms with Crippen LogP contribution in [0.4, 0.5) is 0 Å². The van der Waals surface area contributed by atoms with E-state index in [2.05, 4.69) is 6.58 Å². The van der Waals surface area contributed by atoms with Crippen molar-refractivity contribution in [2.24, 2.45) is 11.5 Å². The standard InChI is InChI=1S/C3H4O2.C2H8N2.Na.H/c1-2-3(4)5;3-1-2-4;;/h2H,1H2,(H,4,5);1-4H2;;. The summed E-state index contributed by atoms with van der Waals surface area (Å²) in [5.74, 6) is -0.981. The average Bonchev–Trinajstić information content (AvgIpc) is 1.89. The summed E-state index contributed by atoms with van der Waals surface area (Å²) in [4.78, 5) is 9.25. The molecule has 0 bridgehead atoms. The number of hydrogen-bond donors (Lipinski definition) is 3. The minimum atomic E-state index is -0.981. The molecule has 0 saturated carbocycles. The molecule has 56 valence electrons. The van der Waals surface area contributed by atoms with Gasteiger partial charge in [0, 0.05) is 19.2 Å². The summed E-state index contributed by atoms with van der Waals surface area (Å²) < 4.78 is 0. The van der Waals surface area contributed by atoms with Gasteiger partial charge in [-0.1, -0.05) is 6.58 Å². The number of carboxylic acid groups (broad SMARTS) is 1. The Bertz CT molecular complexity index is 85.7. The number of hydrogen-bond acceptors (Lipinski definition) is 3. The molecule has 4 nitrogen and oxygen atoms in total. The molecule has 5 N–H and O–H groups in total. The van der Waals surface area contributed by atoms with Crippen molar-refractivity contribution in [2.45, 2.75) is 0 Å². The molecule has 0 unspecified atom stereocenters. The Labute approximate surface area is 82.6 Å². The second kappa shape index (κ2) is 16.1. The second-order valence-electron chi connectivity index (χ2n) is 1.12. The summed E-state index contributed by atoms with van der Waals surface area (Å²) in [7, 11) is 0. The van der Waals surface area contributed by atoms with Crippen LogP contribution in [0.3, 0.4) is 0 Å². The Morgan fingerprint density at radius 2 is 1.70 bits per heavy atom. The third-order valence-electron chi connectivity index (χ3n) is 0.341. The van der Waals surface area contributed by atoms with Crippen LogP contribution in [-0.2, 0) is 4.79 Å². The van der Waals surface area contributed by atoms with Crippen molar-refractivity contribution in [1.29, 1.82) is 0 Å². The van der Waals surface area contributed by atoms with Crippen LogP contribution in [0, 0.1) is 0 Å². The zero-order chi connectivity index (χ0) is 7.70. The molecule has 0 fully saturated rings. The molecule has 0 aliphatic heterocycles. The van der Waals surface area contributed by atoms with Gasteiger partial charge in [-0.25, -0.2) is 4.79 Å². The van der Waals surface area contributed by atoms with Crippen molar-refractivity contribution in [3.05, 3.63) is 12.7 Å². The van der Waals surface area contributed by atoms with Crippen LogP contribution in [0.1, 0.15) is 0 Å². The van der Waals surface area contributed by atoms with Gasteiger partial charge < -0.3 is 16.6 Å². The number of aliphatic carboxylic acids is 1. The van der Waals surface area contributed by atoms with Crippen molar-refractivity contribution in [3.63, 3.8) is 0 Å². The van der Waals surface area contributed by atoms with Gasteiger partial charge in [-0.3, -0.25) is 0 Å². The number of nitrogens with two attached hydrogens (primary N) is 2. The van der Waals surface area contributed by atoms with Crippen LogP contribution in [0.25, 0.3) is 0 Å². The summed E-state index contributed by atoms with van der Waals surface area (Å²) in [5, 5.41) is 7.60. The van der Waals surface area contributed by atoms with E-state index in [0.29, 0.717) is 13.1 Å². The Morgan fingerprint density at radius 3 is 1.70 bits per heavy atom. The molecule has 0 rings (SSSR count). The van der Waals surface area contributed by atoms with Crippen LogP contribution < -0.4 is 11.5 Å². The number of rotatable bonds is 2. The first kappa shape index (κ1) is 16.6. The quantitative estimate of drug-likeness (QED) is 0.336. The van der Waals surface area contributed by atoms with E-state index in [4.69, 9.17) is 16.6 Å². The molecule has 0 aliphatic rings. The van der Waals surface area contributed by atoms with Crippen molar-refractivity contribution in [3.8, 4) is 0 Å². The monoisotopic (exact) mass is 156 g/mol. The minimum absolute atomic E-state index is 0. The molecule has 0 radical (unpaired) electrons. The normalized spacial score (nSPS) is 6.20. The average molecular weight is 156 g/mol. The Balaban J connectivity index is -0.0000000910. The topological polar surface area (TPSA) is 89.3 Å². The van der Waals surface area contributed by atoms with Gasteiger partial charge in [0.1, 0.15) is 0 Å². The van der Waals surface area contributed by atoms with Gasteiger partial charge in [0.2, 0.25) is 0 Å². The molecule has 0 aromatic rings. The molecule has 0 heterocycles. The van der Waals surface area contributed by atoms with Crippen molar-refractivity contribution >= 4 is 35.5 Å². The molecule has 0 spiro atoms. The molecule has 0 aliphatic carbocycles. The number of carbonyl (C=O) groups is 1. The van der Waals surface area contributed by atoms with Gasteiger partial charge in [-0.15, -0.1) is 0 Å². The van der Waals surface area contributed by atoms with Gasteiger partial charge in [0.25, 0.3) is 0 Å². The molecule has 0 aromatic heterocycles. The van der Waals surface area contributed by atoms with E-state index in [1.165, 1.54) is 0 Å². The first-order valence-electron chi connectivity index (χ1n) is 2.44. The predicted octanol–water partition coefficient (Wildman–Crippen LogP) is -1.49. The van der Waals surface area contributed by atoms with E-state index in [9.17, 15) is 4.79 Å². The van der Waals surface area contributed by atoms with Crippen molar-refractivity contribution < 1.29 is 9.90 Å². The molecule has 0 saturated heterocycles. The molecular formula is C5H13N2NaO2. The van der Waals surface area contributed by atoms with E-state index in [-0.39, 0.29) is 29.6 Å². The fourth-order valence-electron chi connectivity index (χ4n) is 0. The summed E-state index contributed by atoms with van der Waals surface area (Å²) in [5.41, 5.74) is 9.81. The molecule has 0 atom stereocenters. The second-order valence-corrected chi connectivity index (χ2v) is 1.12. The molecule has 5 heteroatoms. The SMILES string of the molecule is C=CC(=O)O.NCCN.[NaH]. The van der Waals surface area contributed by atoms with Gasteiger partial charge in [0.05, 0.1) is 0 Å². The number of carboxylic acids is 1. The fraction of sp³-hybridized carbons (Fsp3) is 0.400. The van der Waals surface area contributed by atoms with E-state index in [0.717, 1.165) is 6.08 Å². The Kier molecular flexibility index (Phi) is 26.7. The molecule has 0 aromatic carbocycles. The third-order valence-corrected chi connectivity index (χ3v) is 0.341. The zero-order valence-corrected chi connectivity index (χ0v) is 5.21. The van der Waals surface area contributed by atoms with Gasteiger partial charge in [-0.05, 0) is 0 Å². The van der Waals surface area contributed by atoms with E-state index in [1.807, 2.05) is 0 Å². The van der Waals surface area contributed by atoms with Crippen LogP contribution in [0.15, 0.2) is 12.7 Å². The summed E-state index contributed by atoms with van der Waals surface area (Å²) in [6.07, 6.45) is 0.833. The maximum absolute atomic E-state index is 9.25. The van der Waals surface area contributed by atoms with Crippen molar-refractivity contribution in [1.82, 2.24) is 0 Å². The van der Waals surface area contributed by atoms with Gasteiger partial charge in [-0.2, -0.15) is 0 Å². The van der Waals surface area contributed by atoms with Crippen LogP contribution in [0.2, 0.25) is 0 Å². The first-order chi connectivity index (χ1) is 4.18. The van der Waals surface area contributed by atoms with Gasteiger partial charge in [0.15, 0.2) is 0 Å². The van der Waals surface area contributed by atoms with Crippen molar-refractivity contribution in [2.75, 3.05) is 13.1 Å². The summed E-state index contributed by atoms with van der Waals surface area (Å²) >= 11 is 0. The van der Waals surface area contributed by atoms with Crippen LogP contribution >= 0.6 is 0 Å². The third kappa shape index (κ3) is 42.2.